The number of rotatable bonds is 8. The third-order valence-corrected chi connectivity index (χ3v) is 11.8. The van der Waals surface area contributed by atoms with Gasteiger partial charge in [0.25, 0.3) is 0 Å². The molecule has 0 N–H and O–H groups in total. The fourth-order valence-electron chi connectivity index (χ4n) is 1.91. The van der Waals surface area contributed by atoms with Crippen molar-refractivity contribution in [2.24, 2.45) is 0 Å². The highest BCUT2D eigenvalue weighted by Gasteiger charge is 2.38. The van der Waals surface area contributed by atoms with Gasteiger partial charge in [0.1, 0.15) is 0 Å². The first-order valence-electron chi connectivity index (χ1n) is 6.89. The molecule has 0 radical (unpaired) electrons. The number of hydrogen-bond donors (Lipinski definition) is 0. The highest BCUT2D eigenvalue weighted by molar-refractivity contribution is 6.87. The minimum absolute atomic E-state index is 0.322. The van der Waals surface area contributed by atoms with Crippen molar-refractivity contribution < 1.29 is 13.0 Å². The van der Waals surface area contributed by atoms with Gasteiger partial charge >= 0.3 is 8.56 Å². The van der Waals surface area contributed by atoms with E-state index in [0.717, 1.165) is 12.7 Å². The van der Waals surface area contributed by atoms with Crippen LogP contribution in [0, 0.1) is 0 Å². The number of hydrogen-bond acceptors (Lipinski definition) is 3. The average Bonchev–Trinajstić information content (AvgIpc) is 2.08. The second-order valence-electron chi connectivity index (χ2n) is 7.01. The Hall–Kier alpha value is 0.531. The van der Waals surface area contributed by atoms with Gasteiger partial charge in [-0.1, -0.05) is 6.92 Å². The van der Waals surface area contributed by atoms with Crippen LogP contribution < -0.4 is 0 Å². The predicted octanol–water partition coefficient (Wildman–Crippen LogP) is 4.12. The largest absolute Gasteiger partial charge is 0.437 e. The first-order chi connectivity index (χ1) is 7.87. The van der Waals surface area contributed by atoms with E-state index in [0.29, 0.717) is 6.10 Å². The van der Waals surface area contributed by atoms with Crippen LogP contribution in [0.5, 0.6) is 0 Å². The van der Waals surface area contributed by atoms with E-state index >= 15 is 0 Å². The molecule has 1 unspecified atom stereocenters. The summed E-state index contributed by atoms with van der Waals surface area (Å²) < 4.78 is 18.4. The van der Waals surface area contributed by atoms with Gasteiger partial charge in [-0.15, -0.1) is 0 Å². The maximum absolute atomic E-state index is 6.36. The third kappa shape index (κ3) is 9.46. The SMILES string of the molecule is CCC(C)OC[Si](C)(C)O[Si](C)(C)O[Si](C)(C)C. The summed E-state index contributed by atoms with van der Waals surface area (Å²) in [6.45, 7) is 19.7. The van der Waals surface area contributed by atoms with Gasteiger partial charge in [-0.2, -0.15) is 0 Å². The topological polar surface area (TPSA) is 27.7 Å². The van der Waals surface area contributed by atoms with E-state index in [4.69, 9.17) is 13.0 Å². The van der Waals surface area contributed by atoms with Crippen molar-refractivity contribution in [3.63, 3.8) is 0 Å². The van der Waals surface area contributed by atoms with Crippen molar-refractivity contribution in [3.05, 3.63) is 0 Å². The second kappa shape index (κ2) is 6.81. The standard InChI is InChI=1S/C12H32O3Si3/c1-10-12(2)13-11-17(6,7)15-18(8,9)14-16(3,4)5/h12H,10-11H2,1-9H3. The molecule has 0 bridgehead atoms. The van der Waals surface area contributed by atoms with Gasteiger partial charge in [0.15, 0.2) is 8.32 Å². The van der Waals surface area contributed by atoms with Crippen molar-refractivity contribution in [1.82, 2.24) is 0 Å². The van der Waals surface area contributed by atoms with Crippen LogP contribution >= 0.6 is 0 Å². The van der Waals surface area contributed by atoms with E-state index in [1.165, 1.54) is 0 Å². The summed E-state index contributed by atoms with van der Waals surface area (Å²) in [6, 6.07) is 0. The van der Waals surface area contributed by atoms with Gasteiger partial charge in [-0.25, -0.2) is 0 Å². The molecule has 0 rings (SSSR count). The van der Waals surface area contributed by atoms with Gasteiger partial charge in [0, 0.05) is 0 Å². The van der Waals surface area contributed by atoms with Crippen LogP contribution in [0.3, 0.4) is 0 Å². The second-order valence-corrected chi connectivity index (χ2v) is 19.5. The van der Waals surface area contributed by atoms with Crippen LogP contribution in [0.4, 0.5) is 0 Å². The summed E-state index contributed by atoms with van der Waals surface area (Å²) in [4.78, 5) is 0. The van der Waals surface area contributed by atoms with Gasteiger partial charge < -0.3 is 13.0 Å². The van der Waals surface area contributed by atoms with Crippen LogP contribution in [0.15, 0.2) is 0 Å². The van der Waals surface area contributed by atoms with Crippen LogP contribution in [-0.2, 0) is 13.0 Å². The van der Waals surface area contributed by atoms with Crippen molar-refractivity contribution in [3.8, 4) is 0 Å². The minimum atomic E-state index is -2.01. The van der Waals surface area contributed by atoms with E-state index in [1.807, 2.05) is 0 Å². The quantitative estimate of drug-likeness (QED) is 0.631. The smallest absolute Gasteiger partial charge is 0.311 e. The molecule has 0 aliphatic rings. The summed E-state index contributed by atoms with van der Waals surface area (Å²) in [7, 11) is -5.32. The Labute approximate surface area is 117 Å². The maximum Gasteiger partial charge on any atom is 0.311 e. The Morgan fingerprint density at radius 1 is 0.889 bits per heavy atom. The molecule has 0 saturated heterocycles. The van der Waals surface area contributed by atoms with Gasteiger partial charge in [0.05, 0.1) is 12.3 Å². The minimum Gasteiger partial charge on any atom is -0.437 e. The lowest BCUT2D eigenvalue weighted by atomic mass is 10.3. The molecule has 0 aliphatic heterocycles. The molecular formula is C12H32O3Si3. The molecule has 18 heavy (non-hydrogen) atoms. The molecule has 0 spiro atoms. The summed E-state index contributed by atoms with van der Waals surface area (Å²) in [5.41, 5.74) is 0. The Morgan fingerprint density at radius 2 is 1.39 bits per heavy atom. The zero-order valence-electron chi connectivity index (χ0n) is 13.7. The third-order valence-electron chi connectivity index (χ3n) is 2.36. The molecular weight excluding hydrogens is 276 g/mol. The first kappa shape index (κ1) is 18.5. The van der Waals surface area contributed by atoms with Gasteiger partial charge in [0.2, 0.25) is 8.32 Å². The Morgan fingerprint density at radius 3 is 1.78 bits per heavy atom. The van der Waals surface area contributed by atoms with Crippen LogP contribution in [0.25, 0.3) is 0 Å². The molecule has 0 heterocycles. The van der Waals surface area contributed by atoms with Crippen LogP contribution in [0.1, 0.15) is 20.3 Å². The van der Waals surface area contributed by atoms with Crippen molar-refractivity contribution >= 4 is 25.2 Å². The zero-order valence-corrected chi connectivity index (χ0v) is 16.7. The highest BCUT2D eigenvalue weighted by Crippen LogP contribution is 2.20. The highest BCUT2D eigenvalue weighted by atomic mass is 28.5. The molecule has 1 atom stereocenters. The van der Waals surface area contributed by atoms with E-state index in [1.54, 1.807) is 0 Å². The van der Waals surface area contributed by atoms with Crippen molar-refractivity contribution in [1.29, 1.82) is 0 Å². The lowest BCUT2D eigenvalue weighted by Crippen LogP contribution is -2.53. The molecule has 110 valence electrons. The van der Waals surface area contributed by atoms with E-state index in [9.17, 15) is 0 Å². The summed E-state index contributed by atoms with van der Waals surface area (Å²) in [5, 5.41) is 0. The summed E-state index contributed by atoms with van der Waals surface area (Å²) in [6.07, 6.45) is 2.13. The summed E-state index contributed by atoms with van der Waals surface area (Å²) >= 11 is 0. The molecule has 0 amide bonds. The van der Waals surface area contributed by atoms with Crippen LogP contribution in [-0.4, -0.2) is 37.5 Å². The van der Waals surface area contributed by atoms with Gasteiger partial charge in [-0.05, 0) is 59.2 Å². The molecule has 0 aromatic carbocycles. The molecule has 0 saturated carbocycles. The summed E-state index contributed by atoms with van der Waals surface area (Å²) in [5.74, 6) is 0. The normalized spacial score (nSPS) is 15.8. The van der Waals surface area contributed by atoms with Gasteiger partial charge in [-0.3, -0.25) is 0 Å². The molecule has 0 aromatic heterocycles. The van der Waals surface area contributed by atoms with Crippen molar-refractivity contribution in [2.75, 3.05) is 6.23 Å². The van der Waals surface area contributed by atoms with E-state index in [-0.39, 0.29) is 0 Å². The molecule has 0 aliphatic carbocycles. The van der Waals surface area contributed by atoms with Crippen LogP contribution in [0.2, 0.25) is 45.8 Å². The Bertz CT molecular complexity index is 249. The fraction of sp³-hybridized carbons (Fsp3) is 1.00. The molecule has 0 aromatic rings. The predicted molar refractivity (Wildman–Crippen MR) is 86.2 cm³/mol. The maximum atomic E-state index is 6.36. The molecule has 0 fully saturated rings. The lowest BCUT2D eigenvalue weighted by Gasteiger charge is -2.37. The molecule has 3 nitrogen and oxygen atoms in total. The van der Waals surface area contributed by atoms with Crippen molar-refractivity contribution in [2.45, 2.75) is 72.2 Å². The van der Waals surface area contributed by atoms with E-state index in [2.05, 4.69) is 59.7 Å². The zero-order chi connectivity index (χ0) is 14.6. The Balaban J connectivity index is 4.37. The fourth-order valence-corrected chi connectivity index (χ4v) is 14.6. The molecule has 6 heteroatoms. The average molecular weight is 309 g/mol. The Kier molecular flexibility index (Phi) is 7.01. The lowest BCUT2D eigenvalue weighted by molar-refractivity contribution is 0.0878. The van der Waals surface area contributed by atoms with E-state index < -0.39 is 25.2 Å². The monoisotopic (exact) mass is 308 g/mol. The first-order valence-corrected chi connectivity index (χ1v) is 16.2. The number of ether oxygens (including phenoxy) is 1.